The van der Waals surface area contributed by atoms with E-state index in [4.69, 9.17) is 39.5 Å². The van der Waals surface area contributed by atoms with Crippen LogP contribution in [0.2, 0.25) is 15.1 Å². The van der Waals surface area contributed by atoms with Gasteiger partial charge in [-0.2, -0.15) is 0 Å². The summed E-state index contributed by atoms with van der Waals surface area (Å²) in [5.41, 5.74) is 1.99. The molecule has 0 aromatic heterocycles. The zero-order valence-corrected chi connectivity index (χ0v) is 17.3. The second kappa shape index (κ2) is 9.83. The molecule has 150 valence electrons. The van der Waals surface area contributed by atoms with E-state index in [9.17, 15) is 9.18 Å². The molecule has 0 aliphatic heterocycles. The Balaban J connectivity index is 1.62. The summed E-state index contributed by atoms with van der Waals surface area (Å²) in [6.07, 6.45) is 0. The molecular formula is C21H16Cl3FN2O2. The number of carbonyl (C=O) groups is 1. The number of rotatable bonds is 7. The molecule has 0 heterocycles. The van der Waals surface area contributed by atoms with Gasteiger partial charge in [-0.05, 0) is 60.7 Å². The van der Waals surface area contributed by atoms with Gasteiger partial charge in [0, 0.05) is 33.5 Å². The fourth-order valence-corrected chi connectivity index (χ4v) is 3.01. The maximum Gasteiger partial charge on any atom is 0.262 e. The van der Waals surface area contributed by atoms with Gasteiger partial charge in [-0.15, -0.1) is 0 Å². The fourth-order valence-electron chi connectivity index (χ4n) is 2.50. The lowest BCUT2D eigenvalue weighted by atomic mass is 10.2. The van der Waals surface area contributed by atoms with Crippen LogP contribution in [0.1, 0.15) is 5.56 Å². The van der Waals surface area contributed by atoms with Crippen LogP contribution >= 0.6 is 34.8 Å². The van der Waals surface area contributed by atoms with Gasteiger partial charge in [0.25, 0.3) is 5.91 Å². The lowest BCUT2D eigenvalue weighted by molar-refractivity contribution is -0.118. The van der Waals surface area contributed by atoms with Crippen LogP contribution in [0.4, 0.5) is 15.8 Å². The SMILES string of the molecule is O=C(COc1ccc(Cl)cc1CNc1ccc(F)c(Cl)c1)Nc1ccc(Cl)cc1. The van der Waals surface area contributed by atoms with Gasteiger partial charge in [0.1, 0.15) is 11.6 Å². The molecule has 0 radical (unpaired) electrons. The number of halogens is 4. The Morgan fingerprint density at radius 3 is 2.31 bits per heavy atom. The quantitative estimate of drug-likeness (QED) is 0.434. The number of amides is 1. The molecule has 1 amide bonds. The van der Waals surface area contributed by atoms with Gasteiger partial charge in [-0.1, -0.05) is 34.8 Å². The molecular weight excluding hydrogens is 438 g/mol. The summed E-state index contributed by atoms with van der Waals surface area (Å²) in [5, 5.41) is 6.98. The zero-order valence-electron chi connectivity index (χ0n) is 15.0. The van der Waals surface area contributed by atoms with Crippen molar-refractivity contribution in [2.24, 2.45) is 0 Å². The highest BCUT2D eigenvalue weighted by atomic mass is 35.5. The zero-order chi connectivity index (χ0) is 20.8. The normalized spacial score (nSPS) is 10.5. The first kappa shape index (κ1) is 21.2. The lowest BCUT2D eigenvalue weighted by Crippen LogP contribution is -2.20. The Morgan fingerprint density at radius 1 is 0.897 bits per heavy atom. The van der Waals surface area contributed by atoms with E-state index in [0.717, 1.165) is 5.56 Å². The molecule has 0 aliphatic carbocycles. The van der Waals surface area contributed by atoms with Gasteiger partial charge in [-0.3, -0.25) is 4.79 Å². The van der Waals surface area contributed by atoms with Crippen LogP contribution in [-0.2, 0) is 11.3 Å². The largest absolute Gasteiger partial charge is 0.483 e. The Bertz CT molecular complexity index is 1010. The monoisotopic (exact) mass is 452 g/mol. The topological polar surface area (TPSA) is 50.4 Å². The standard InChI is InChI=1S/C21H16Cl3FN2O2/c22-14-1-4-16(5-2-14)27-21(28)12-29-20-8-3-15(23)9-13(20)11-26-17-6-7-19(25)18(24)10-17/h1-10,26H,11-12H2,(H,27,28). The molecule has 0 aliphatic rings. The molecule has 0 bridgehead atoms. The minimum absolute atomic E-state index is 0.0245. The maximum absolute atomic E-state index is 13.3. The second-order valence-corrected chi connectivity index (χ2v) is 7.36. The van der Waals surface area contributed by atoms with Gasteiger partial charge in [0.15, 0.2) is 6.61 Å². The minimum Gasteiger partial charge on any atom is -0.483 e. The smallest absolute Gasteiger partial charge is 0.262 e. The van der Waals surface area contributed by atoms with Crippen LogP contribution in [-0.4, -0.2) is 12.5 Å². The summed E-state index contributed by atoms with van der Waals surface area (Å²) in [6, 6.07) is 16.2. The Labute approximate surface area is 182 Å². The summed E-state index contributed by atoms with van der Waals surface area (Å²) in [4.78, 5) is 12.1. The highest BCUT2D eigenvalue weighted by Crippen LogP contribution is 2.25. The summed E-state index contributed by atoms with van der Waals surface area (Å²) in [6.45, 7) is 0.163. The summed E-state index contributed by atoms with van der Waals surface area (Å²) < 4.78 is 18.9. The number of carbonyl (C=O) groups excluding carboxylic acids is 1. The van der Waals surface area contributed by atoms with Crippen molar-refractivity contribution < 1.29 is 13.9 Å². The summed E-state index contributed by atoms with van der Waals surface area (Å²) in [7, 11) is 0. The number of anilines is 2. The molecule has 0 fully saturated rings. The number of benzene rings is 3. The summed E-state index contributed by atoms with van der Waals surface area (Å²) >= 11 is 17.7. The average Bonchev–Trinajstić information content (AvgIpc) is 2.70. The molecule has 2 N–H and O–H groups in total. The van der Waals surface area contributed by atoms with Crippen molar-refractivity contribution in [1.82, 2.24) is 0 Å². The third-order valence-electron chi connectivity index (χ3n) is 3.91. The van der Waals surface area contributed by atoms with E-state index in [2.05, 4.69) is 10.6 Å². The van der Waals surface area contributed by atoms with Crippen LogP contribution in [0.5, 0.6) is 5.75 Å². The Kier molecular flexibility index (Phi) is 7.20. The maximum atomic E-state index is 13.3. The van der Waals surface area contributed by atoms with Crippen molar-refractivity contribution in [2.75, 3.05) is 17.2 Å². The third kappa shape index (κ3) is 6.26. The molecule has 3 rings (SSSR count). The van der Waals surface area contributed by atoms with Gasteiger partial charge in [0.05, 0.1) is 5.02 Å². The first-order chi connectivity index (χ1) is 13.9. The fraction of sp³-hybridized carbons (Fsp3) is 0.0952. The molecule has 0 spiro atoms. The minimum atomic E-state index is -0.490. The molecule has 0 unspecified atom stereocenters. The van der Waals surface area contributed by atoms with E-state index in [-0.39, 0.29) is 17.5 Å². The van der Waals surface area contributed by atoms with E-state index < -0.39 is 5.82 Å². The number of hydrogen-bond acceptors (Lipinski definition) is 3. The van der Waals surface area contributed by atoms with Crippen molar-refractivity contribution >= 4 is 52.1 Å². The molecule has 0 saturated heterocycles. The van der Waals surface area contributed by atoms with Crippen molar-refractivity contribution in [3.63, 3.8) is 0 Å². The predicted molar refractivity (Wildman–Crippen MR) is 116 cm³/mol. The third-order valence-corrected chi connectivity index (χ3v) is 4.69. The van der Waals surface area contributed by atoms with E-state index >= 15 is 0 Å². The van der Waals surface area contributed by atoms with Crippen LogP contribution < -0.4 is 15.4 Å². The van der Waals surface area contributed by atoms with Crippen molar-refractivity contribution in [2.45, 2.75) is 6.54 Å². The molecule has 3 aromatic carbocycles. The first-order valence-corrected chi connectivity index (χ1v) is 9.69. The Morgan fingerprint density at radius 2 is 1.59 bits per heavy atom. The average molecular weight is 454 g/mol. The molecule has 3 aromatic rings. The van der Waals surface area contributed by atoms with Crippen LogP contribution in [0.3, 0.4) is 0 Å². The Hall–Kier alpha value is -2.47. The van der Waals surface area contributed by atoms with E-state index in [1.807, 2.05) is 0 Å². The van der Waals surface area contributed by atoms with Gasteiger partial charge < -0.3 is 15.4 Å². The van der Waals surface area contributed by atoms with Crippen molar-refractivity contribution in [3.05, 3.63) is 87.1 Å². The van der Waals surface area contributed by atoms with E-state index in [1.165, 1.54) is 12.1 Å². The van der Waals surface area contributed by atoms with Gasteiger partial charge in [-0.25, -0.2) is 4.39 Å². The van der Waals surface area contributed by atoms with Crippen LogP contribution in [0.15, 0.2) is 60.7 Å². The lowest BCUT2D eigenvalue weighted by Gasteiger charge is -2.14. The van der Waals surface area contributed by atoms with Gasteiger partial charge in [0.2, 0.25) is 0 Å². The highest BCUT2D eigenvalue weighted by Gasteiger charge is 2.09. The van der Waals surface area contributed by atoms with Gasteiger partial charge >= 0.3 is 0 Å². The highest BCUT2D eigenvalue weighted by molar-refractivity contribution is 6.31. The summed E-state index contributed by atoms with van der Waals surface area (Å²) in [5.74, 6) is -0.302. The van der Waals surface area contributed by atoms with Crippen molar-refractivity contribution in [3.8, 4) is 5.75 Å². The molecule has 29 heavy (non-hydrogen) atoms. The van der Waals surface area contributed by atoms with E-state index in [1.54, 1.807) is 48.5 Å². The molecule has 0 atom stereocenters. The number of nitrogens with one attached hydrogen (secondary N) is 2. The molecule has 8 heteroatoms. The second-order valence-electron chi connectivity index (χ2n) is 6.08. The molecule has 4 nitrogen and oxygen atoms in total. The number of hydrogen-bond donors (Lipinski definition) is 2. The number of ether oxygens (including phenoxy) is 1. The predicted octanol–water partition coefficient (Wildman–Crippen LogP) is 6.42. The first-order valence-electron chi connectivity index (χ1n) is 8.56. The van der Waals surface area contributed by atoms with Crippen LogP contribution in [0.25, 0.3) is 0 Å². The van der Waals surface area contributed by atoms with Crippen molar-refractivity contribution in [1.29, 1.82) is 0 Å². The van der Waals surface area contributed by atoms with E-state index in [0.29, 0.717) is 33.7 Å². The molecule has 0 saturated carbocycles. The van der Waals surface area contributed by atoms with Crippen LogP contribution in [0, 0.1) is 5.82 Å².